The number of fused-ring (bicyclic) bond motifs is 8. The van der Waals surface area contributed by atoms with Crippen LogP contribution in [0.1, 0.15) is 87.6 Å². The van der Waals surface area contributed by atoms with Crippen LogP contribution in [-0.4, -0.2) is 50.9 Å². The Labute approximate surface area is 255 Å². The maximum Gasteiger partial charge on any atom is 0.342 e. The number of carbonyl (C=O) groups excluding carboxylic acids is 2. The van der Waals surface area contributed by atoms with Crippen molar-refractivity contribution in [3.8, 4) is 0 Å². The van der Waals surface area contributed by atoms with Crippen LogP contribution in [0.2, 0.25) is 0 Å². The summed E-state index contributed by atoms with van der Waals surface area (Å²) in [6, 6.07) is -0.501. The van der Waals surface area contributed by atoms with Gasteiger partial charge in [-0.25, -0.2) is 4.79 Å². The second-order valence-electron chi connectivity index (χ2n) is 12.0. The van der Waals surface area contributed by atoms with Crippen molar-refractivity contribution in [2.75, 3.05) is 7.11 Å². The third-order valence-corrected chi connectivity index (χ3v) is 9.81. The van der Waals surface area contributed by atoms with Crippen LogP contribution in [0.3, 0.4) is 0 Å². The van der Waals surface area contributed by atoms with Gasteiger partial charge in [0.05, 0.1) is 24.4 Å². The number of H-pyrrole nitrogens is 3. The van der Waals surface area contributed by atoms with Crippen molar-refractivity contribution in [1.82, 2.24) is 20.3 Å². The molecule has 0 saturated carbocycles. The summed E-state index contributed by atoms with van der Waals surface area (Å²) in [7, 11) is 1.27. The van der Waals surface area contributed by atoms with E-state index in [0.29, 0.717) is 23.3 Å². The van der Waals surface area contributed by atoms with Crippen molar-refractivity contribution < 1.29 is 24.2 Å². The Morgan fingerprint density at radius 1 is 1.00 bits per heavy atom. The van der Waals surface area contributed by atoms with E-state index in [1.165, 1.54) is 12.7 Å². The van der Waals surface area contributed by atoms with E-state index in [-0.39, 0.29) is 29.6 Å². The number of hydrogen-bond acceptors (Lipinski definition) is 5. The van der Waals surface area contributed by atoms with E-state index in [2.05, 4.69) is 59.8 Å². The molecule has 5 heterocycles. The Kier molecular flexibility index (Phi) is 7.14. The number of carboxylic acids is 1. The molecule has 9 nitrogen and oxygen atoms in total. The number of rotatable bonds is 6. The van der Waals surface area contributed by atoms with Crippen molar-refractivity contribution in [3.63, 3.8) is 0 Å². The van der Waals surface area contributed by atoms with Gasteiger partial charge < -0.3 is 30.1 Å². The van der Waals surface area contributed by atoms with E-state index < -0.39 is 18.0 Å². The zero-order chi connectivity index (χ0) is 31.6. The summed E-state index contributed by atoms with van der Waals surface area (Å²) in [5.74, 6) is -2.28. The molecule has 8 bridgehead atoms. The predicted molar refractivity (Wildman–Crippen MR) is 170 cm³/mol. The minimum Gasteiger partial charge on any atom is -0.481 e. The third kappa shape index (κ3) is 4.32. The molecule has 228 valence electrons. The fourth-order valence-corrected chi connectivity index (χ4v) is 7.36. The standard InChI is InChI=1S/C35H38N4O5/c1-8-19-15(3)22-12-24-17(5)21(10-11-28(40)41)32(38-24)30-31(35(43)44-7)34(42)29-18(6)25(39-33(29)30)14-27-20(9-2)16(4)23(37-27)13-26(19)36-22/h8,12-14,17,21,32,36-39H,1,9-11H2,2-7H3,(H,40,41)/b23-13-,24-12-,27-14-/t17-,21-,32?/m0/s1. The number of aromatic amines is 3. The quantitative estimate of drug-likeness (QED) is 0.216. The number of esters is 1. The lowest BCUT2D eigenvalue weighted by molar-refractivity contribution is -0.137. The second kappa shape index (κ2) is 10.7. The van der Waals surface area contributed by atoms with E-state index >= 15 is 0 Å². The monoisotopic (exact) mass is 594 g/mol. The Bertz CT molecular complexity index is 1960. The van der Waals surface area contributed by atoms with Gasteiger partial charge >= 0.3 is 11.9 Å². The Morgan fingerprint density at radius 3 is 2.36 bits per heavy atom. The number of nitrogens with one attached hydrogen (secondary N) is 4. The first-order valence-electron chi connectivity index (χ1n) is 15.1. The van der Waals surface area contributed by atoms with Gasteiger partial charge in [0.15, 0.2) is 0 Å². The minimum absolute atomic E-state index is 0.00933. The van der Waals surface area contributed by atoms with E-state index in [9.17, 15) is 19.5 Å². The molecule has 1 saturated heterocycles. The summed E-state index contributed by atoms with van der Waals surface area (Å²) in [6.45, 7) is 14.3. The number of ether oxygens (including phenoxy) is 1. The molecule has 3 atom stereocenters. The first-order chi connectivity index (χ1) is 21.0. The zero-order valence-electron chi connectivity index (χ0n) is 26.0. The van der Waals surface area contributed by atoms with Crippen LogP contribution in [0.15, 0.2) is 17.8 Å². The Balaban J connectivity index is 1.71. The molecule has 0 amide bonds. The van der Waals surface area contributed by atoms with Crippen molar-refractivity contribution in [3.05, 3.63) is 84.7 Å². The van der Waals surface area contributed by atoms with E-state index in [0.717, 1.165) is 62.2 Å². The van der Waals surface area contributed by atoms with Crippen LogP contribution >= 0.6 is 0 Å². The van der Waals surface area contributed by atoms with Crippen LogP contribution in [0, 0.1) is 32.6 Å². The molecular weight excluding hydrogens is 556 g/mol. The molecule has 1 fully saturated rings. The highest BCUT2D eigenvalue weighted by Crippen LogP contribution is 2.46. The summed E-state index contributed by atoms with van der Waals surface area (Å²) in [4.78, 5) is 49.6. The van der Waals surface area contributed by atoms with Gasteiger partial charge in [0.25, 0.3) is 0 Å². The smallest absolute Gasteiger partial charge is 0.342 e. The van der Waals surface area contributed by atoms with Gasteiger partial charge in [-0.15, -0.1) is 0 Å². The lowest BCUT2D eigenvalue weighted by Crippen LogP contribution is -2.30. The van der Waals surface area contributed by atoms with Gasteiger partial charge in [0.2, 0.25) is 5.78 Å². The molecule has 44 heavy (non-hydrogen) atoms. The fourth-order valence-electron chi connectivity index (χ4n) is 7.36. The normalized spacial score (nSPS) is 22.9. The van der Waals surface area contributed by atoms with Crippen molar-refractivity contribution >= 4 is 47.6 Å². The number of aromatic nitrogens is 3. The van der Waals surface area contributed by atoms with Crippen molar-refractivity contribution in [2.24, 2.45) is 11.8 Å². The molecule has 5 N–H and O–H groups in total. The highest BCUT2D eigenvalue weighted by molar-refractivity contribution is 6.34. The molecule has 0 spiro atoms. The fraction of sp³-hybridized carbons (Fsp3) is 0.343. The summed E-state index contributed by atoms with van der Waals surface area (Å²) in [5, 5.41) is 15.2. The molecule has 9 heteroatoms. The highest BCUT2D eigenvalue weighted by atomic mass is 16.5. The first-order valence-corrected chi connectivity index (χ1v) is 15.1. The predicted octanol–water partition coefficient (Wildman–Crippen LogP) is 4.03. The first kappa shape index (κ1) is 29.3. The maximum absolute atomic E-state index is 14.0. The topological polar surface area (TPSA) is 140 Å². The summed E-state index contributed by atoms with van der Waals surface area (Å²) >= 11 is 0. The molecule has 0 radical (unpaired) electrons. The minimum atomic E-state index is -0.895. The van der Waals surface area contributed by atoms with Crippen LogP contribution in [0.4, 0.5) is 0 Å². The van der Waals surface area contributed by atoms with Crippen LogP contribution in [0.5, 0.6) is 0 Å². The number of ketones is 1. The Hall–Kier alpha value is -4.79. The molecule has 3 aromatic heterocycles. The van der Waals surface area contributed by atoms with Gasteiger partial charge in [-0.2, -0.15) is 0 Å². The third-order valence-electron chi connectivity index (χ3n) is 9.81. The average molecular weight is 595 g/mol. The molecule has 1 unspecified atom stereocenters. The summed E-state index contributed by atoms with van der Waals surface area (Å²) in [6.07, 6.45) is 9.18. The largest absolute Gasteiger partial charge is 0.481 e. The molecule has 0 aromatic carbocycles. The number of carbonyl (C=O) groups is 3. The maximum atomic E-state index is 14.0. The Morgan fingerprint density at radius 2 is 1.70 bits per heavy atom. The van der Waals surface area contributed by atoms with Crippen LogP contribution < -0.4 is 16.0 Å². The molecule has 6 rings (SSSR count). The van der Waals surface area contributed by atoms with Crippen molar-refractivity contribution in [1.29, 1.82) is 0 Å². The van der Waals surface area contributed by atoms with Gasteiger partial charge in [-0.1, -0.05) is 26.5 Å². The van der Waals surface area contributed by atoms with E-state index in [1.807, 2.05) is 26.0 Å². The van der Waals surface area contributed by atoms with Gasteiger partial charge in [0.1, 0.15) is 5.57 Å². The van der Waals surface area contributed by atoms with E-state index in [4.69, 9.17) is 4.74 Å². The SMILES string of the molecule is C=Cc1c2[nH]c(c1C)/C=C1\NC(C3=C(C(=O)OC)C(=O)c4c3[nH]c(c4C)/C=c3\[nH]/c(c(C)c3CC)=C\2)[C@@H](CCC(=O)O)[C@@H]1C. The summed E-state index contributed by atoms with van der Waals surface area (Å²) in [5.41, 5.74) is 10.1. The lowest BCUT2D eigenvalue weighted by atomic mass is 9.82. The molecule has 1 aliphatic carbocycles. The molecule has 3 aromatic rings. The van der Waals surface area contributed by atoms with Crippen LogP contribution in [0.25, 0.3) is 29.9 Å². The van der Waals surface area contributed by atoms with E-state index in [1.54, 1.807) is 0 Å². The van der Waals surface area contributed by atoms with Gasteiger partial charge in [-0.05, 0) is 80.0 Å². The number of methoxy groups -OCH3 is 1. The van der Waals surface area contributed by atoms with Gasteiger partial charge in [0, 0.05) is 57.0 Å². The average Bonchev–Trinajstić information content (AvgIpc) is 3.72. The van der Waals surface area contributed by atoms with Crippen molar-refractivity contribution in [2.45, 2.75) is 59.9 Å². The molecular formula is C35H38N4O5. The number of carboxylic acid groups (broad SMARTS) is 1. The number of hydrogen-bond donors (Lipinski definition) is 5. The number of allylic oxidation sites excluding steroid dienone is 1. The summed E-state index contributed by atoms with van der Waals surface area (Å²) < 4.78 is 5.13. The molecule has 3 aliphatic rings. The lowest BCUT2D eigenvalue weighted by Gasteiger charge is -2.23. The molecule has 2 aliphatic heterocycles. The zero-order valence-corrected chi connectivity index (χ0v) is 26.0. The highest BCUT2D eigenvalue weighted by Gasteiger charge is 2.47. The van der Waals surface area contributed by atoms with Crippen LogP contribution in [-0.2, 0) is 20.7 Å². The second-order valence-corrected chi connectivity index (χ2v) is 12.0. The number of Topliss-reactive ketones (excluding diaryl/α,β-unsaturated/α-hetero) is 1. The van der Waals surface area contributed by atoms with Gasteiger partial charge in [-0.3, -0.25) is 9.59 Å². The number of aliphatic carboxylic acids is 1.